The summed E-state index contributed by atoms with van der Waals surface area (Å²) in [6.45, 7) is 1.61. The zero-order valence-corrected chi connectivity index (χ0v) is 11.8. The van der Waals surface area contributed by atoms with Crippen LogP contribution in [0.25, 0.3) is 0 Å². The first-order valence-electron chi connectivity index (χ1n) is 5.93. The normalized spacial score (nSPS) is 11.8. The molecule has 2 N–H and O–H groups in total. The minimum atomic E-state index is -0.519. The van der Waals surface area contributed by atoms with Crippen LogP contribution >= 0.6 is 15.9 Å². The van der Waals surface area contributed by atoms with Crippen LogP contribution in [-0.2, 0) is 0 Å². The van der Waals surface area contributed by atoms with E-state index in [0.29, 0.717) is 6.54 Å². The lowest BCUT2D eigenvalue weighted by Crippen LogP contribution is -2.31. The molecule has 0 saturated carbocycles. The predicted molar refractivity (Wildman–Crippen MR) is 76.6 cm³/mol. The summed E-state index contributed by atoms with van der Waals surface area (Å²) in [5, 5.41) is 12.8. The van der Waals surface area contributed by atoms with Crippen LogP contribution in [0.5, 0.6) is 5.75 Å². The van der Waals surface area contributed by atoms with E-state index >= 15 is 0 Å². The molecule has 1 rings (SSSR count). The monoisotopic (exact) mass is 311 g/mol. The van der Waals surface area contributed by atoms with E-state index in [-0.39, 0.29) is 6.61 Å². The van der Waals surface area contributed by atoms with Gasteiger partial charge in [0.2, 0.25) is 0 Å². The third-order valence-electron chi connectivity index (χ3n) is 2.29. The van der Waals surface area contributed by atoms with E-state index in [1.165, 1.54) is 0 Å². The highest BCUT2D eigenvalue weighted by atomic mass is 79.9. The van der Waals surface area contributed by atoms with Gasteiger partial charge in [-0.1, -0.05) is 22.0 Å². The van der Waals surface area contributed by atoms with Gasteiger partial charge in [-0.3, -0.25) is 0 Å². The van der Waals surface area contributed by atoms with Crippen LogP contribution in [0.4, 0.5) is 0 Å². The Kier molecular flexibility index (Phi) is 7.51. The number of hydrogen-bond acceptors (Lipinski definition) is 3. The molecule has 0 bridgehead atoms. The van der Waals surface area contributed by atoms with E-state index in [9.17, 15) is 5.11 Å². The first-order valence-corrected chi connectivity index (χ1v) is 6.72. The summed E-state index contributed by atoms with van der Waals surface area (Å²) < 4.78 is 6.43. The average molecular weight is 312 g/mol. The van der Waals surface area contributed by atoms with Gasteiger partial charge in [-0.25, -0.2) is 0 Å². The van der Waals surface area contributed by atoms with Crippen LogP contribution in [0.2, 0.25) is 0 Å². The zero-order valence-electron chi connectivity index (χ0n) is 10.2. The van der Waals surface area contributed by atoms with Gasteiger partial charge in [0.25, 0.3) is 0 Å². The third kappa shape index (κ3) is 6.65. The molecule has 0 spiro atoms. The number of aliphatic hydroxyl groups is 1. The molecule has 0 saturated heterocycles. The number of halogens is 1. The SMILES string of the molecule is C#CCCCNCC(O)COc1cccc(Br)c1. The molecule has 1 unspecified atom stereocenters. The van der Waals surface area contributed by atoms with Crippen molar-refractivity contribution in [2.75, 3.05) is 19.7 Å². The maximum Gasteiger partial charge on any atom is 0.120 e. The van der Waals surface area contributed by atoms with Gasteiger partial charge >= 0.3 is 0 Å². The first-order chi connectivity index (χ1) is 8.72. The van der Waals surface area contributed by atoms with Gasteiger partial charge < -0.3 is 15.2 Å². The highest BCUT2D eigenvalue weighted by Gasteiger charge is 2.04. The van der Waals surface area contributed by atoms with E-state index in [1.807, 2.05) is 24.3 Å². The Morgan fingerprint density at radius 1 is 1.50 bits per heavy atom. The maximum absolute atomic E-state index is 9.70. The number of ether oxygens (including phenoxy) is 1. The fraction of sp³-hybridized carbons (Fsp3) is 0.429. The van der Waals surface area contributed by atoms with E-state index < -0.39 is 6.10 Å². The Morgan fingerprint density at radius 3 is 3.06 bits per heavy atom. The molecule has 3 nitrogen and oxygen atoms in total. The lowest BCUT2D eigenvalue weighted by atomic mass is 10.3. The van der Waals surface area contributed by atoms with Crippen molar-refractivity contribution >= 4 is 15.9 Å². The third-order valence-corrected chi connectivity index (χ3v) is 2.79. The number of terminal acetylenes is 1. The van der Waals surface area contributed by atoms with Crippen LogP contribution in [0, 0.1) is 12.3 Å². The van der Waals surface area contributed by atoms with Gasteiger partial charge in [0, 0.05) is 17.4 Å². The van der Waals surface area contributed by atoms with Crippen molar-refractivity contribution < 1.29 is 9.84 Å². The lowest BCUT2D eigenvalue weighted by molar-refractivity contribution is 0.106. The Morgan fingerprint density at radius 2 is 2.33 bits per heavy atom. The quantitative estimate of drug-likeness (QED) is 0.571. The minimum Gasteiger partial charge on any atom is -0.491 e. The number of unbranched alkanes of at least 4 members (excludes halogenated alkanes) is 1. The number of hydrogen-bond donors (Lipinski definition) is 2. The number of rotatable bonds is 8. The number of nitrogens with one attached hydrogen (secondary N) is 1. The minimum absolute atomic E-state index is 0.276. The molecule has 0 aliphatic heterocycles. The molecule has 0 heterocycles. The average Bonchev–Trinajstić information content (AvgIpc) is 2.36. The molecule has 4 heteroatoms. The lowest BCUT2D eigenvalue weighted by Gasteiger charge is -2.13. The van der Waals surface area contributed by atoms with Crippen molar-refractivity contribution in [3.63, 3.8) is 0 Å². The summed E-state index contributed by atoms with van der Waals surface area (Å²) >= 11 is 3.36. The molecule has 0 fully saturated rings. The Labute approximate surface area is 117 Å². The van der Waals surface area contributed by atoms with Gasteiger partial charge in [0.1, 0.15) is 18.5 Å². The summed E-state index contributed by atoms with van der Waals surface area (Å²) in [7, 11) is 0. The molecular weight excluding hydrogens is 294 g/mol. The van der Waals surface area contributed by atoms with Gasteiger partial charge in [-0.2, -0.15) is 0 Å². The Bertz CT molecular complexity index is 390. The predicted octanol–water partition coefficient (Wildman–Crippen LogP) is 2.19. The summed E-state index contributed by atoms with van der Waals surface area (Å²) in [4.78, 5) is 0. The second kappa shape index (κ2) is 8.98. The van der Waals surface area contributed by atoms with E-state index in [4.69, 9.17) is 11.2 Å². The van der Waals surface area contributed by atoms with Crippen LogP contribution in [-0.4, -0.2) is 30.9 Å². The molecular formula is C14H18BrNO2. The molecule has 0 aliphatic carbocycles. The van der Waals surface area contributed by atoms with Gasteiger partial charge in [-0.15, -0.1) is 12.3 Å². The standard InChI is InChI=1S/C14H18BrNO2/c1-2-3-4-8-16-10-13(17)11-18-14-7-5-6-12(15)9-14/h1,5-7,9,13,16-17H,3-4,8,10-11H2. The highest BCUT2D eigenvalue weighted by molar-refractivity contribution is 9.10. The zero-order chi connectivity index (χ0) is 13.2. The summed E-state index contributed by atoms with van der Waals surface area (Å²) in [6, 6.07) is 7.55. The van der Waals surface area contributed by atoms with Gasteiger partial charge in [0.05, 0.1) is 0 Å². The molecule has 0 aromatic heterocycles. The molecule has 98 valence electrons. The smallest absolute Gasteiger partial charge is 0.120 e. The van der Waals surface area contributed by atoms with Gasteiger partial charge in [0.15, 0.2) is 0 Å². The second-order valence-electron chi connectivity index (χ2n) is 3.93. The number of benzene rings is 1. The van der Waals surface area contributed by atoms with Crippen molar-refractivity contribution in [1.82, 2.24) is 5.32 Å². The number of aliphatic hydroxyl groups excluding tert-OH is 1. The Balaban J connectivity index is 2.13. The summed E-state index contributed by atoms with van der Waals surface area (Å²) in [5.74, 6) is 3.32. The fourth-order valence-electron chi connectivity index (χ4n) is 1.39. The van der Waals surface area contributed by atoms with Crippen LogP contribution in [0.3, 0.4) is 0 Å². The molecule has 1 aromatic carbocycles. The molecule has 1 atom stereocenters. The van der Waals surface area contributed by atoms with Crippen LogP contribution < -0.4 is 10.1 Å². The first kappa shape index (κ1) is 15.0. The van der Waals surface area contributed by atoms with Crippen LogP contribution in [0.1, 0.15) is 12.8 Å². The van der Waals surface area contributed by atoms with Crippen molar-refractivity contribution in [3.8, 4) is 18.1 Å². The van der Waals surface area contributed by atoms with Crippen molar-refractivity contribution in [3.05, 3.63) is 28.7 Å². The molecule has 18 heavy (non-hydrogen) atoms. The van der Waals surface area contributed by atoms with E-state index in [1.54, 1.807) is 0 Å². The van der Waals surface area contributed by atoms with Crippen molar-refractivity contribution in [2.45, 2.75) is 18.9 Å². The Hall–Kier alpha value is -1.02. The van der Waals surface area contributed by atoms with Gasteiger partial charge in [-0.05, 0) is 31.2 Å². The topological polar surface area (TPSA) is 41.5 Å². The molecule has 0 radical (unpaired) electrons. The largest absolute Gasteiger partial charge is 0.491 e. The van der Waals surface area contributed by atoms with Crippen molar-refractivity contribution in [2.24, 2.45) is 0 Å². The van der Waals surface area contributed by atoms with E-state index in [2.05, 4.69) is 27.2 Å². The summed E-state index contributed by atoms with van der Waals surface area (Å²) in [5.41, 5.74) is 0. The van der Waals surface area contributed by atoms with Crippen LogP contribution in [0.15, 0.2) is 28.7 Å². The van der Waals surface area contributed by atoms with E-state index in [0.717, 1.165) is 29.6 Å². The molecule has 0 aliphatic rings. The summed E-state index contributed by atoms with van der Waals surface area (Å²) in [6.07, 6.45) is 6.31. The molecule has 1 aromatic rings. The second-order valence-corrected chi connectivity index (χ2v) is 4.85. The fourth-order valence-corrected chi connectivity index (χ4v) is 1.77. The molecule has 0 amide bonds. The maximum atomic E-state index is 9.70. The highest BCUT2D eigenvalue weighted by Crippen LogP contribution is 2.17. The van der Waals surface area contributed by atoms with Crippen molar-refractivity contribution in [1.29, 1.82) is 0 Å².